The van der Waals surface area contributed by atoms with Crippen molar-refractivity contribution in [1.82, 2.24) is 9.97 Å². The lowest BCUT2D eigenvalue weighted by Crippen LogP contribution is -2.33. The number of hydrogen-bond donors (Lipinski definition) is 1. The molecule has 0 aliphatic heterocycles. The van der Waals surface area contributed by atoms with E-state index in [-0.39, 0.29) is 16.3 Å². The summed E-state index contributed by atoms with van der Waals surface area (Å²) in [6.07, 6.45) is -1.15. The van der Waals surface area contributed by atoms with Crippen LogP contribution in [0.4, 0.5) is 17.6 Å². The minimum atomic E-state index is -4.72. The zero-order valence-corrected chi connectivity index (χ0v) is 15.4. The Balaban J connectivity index is 1.57. The maximum absolute atomic E-state index is 14.2. The van der Waals surface area contributed by atoms with Gasteiger partial charge in [0.1, 0.15) is 22.6 Å². The average Bonchev–Trinajstić information content (AvgIpc) is 3.07. The van der Waals surface area contributed by atoms with Gasteiger partial charge in [0, 0.05) is 11.6 Å². The number of hydrogen-bond acceptors (Lipinski definition) is 2. The minimum Gasteiger partial charge on any atom is -0.406 e. The third-order valence-electron chi connectivity index (χ3n) is 4.21. The Hall–Kier alpha value is -3.13. The van der Waals surface area contributed by atoms with E-state index in [0.717, 1.165) is 5.56 Å². The first kappa shape index (κ1) is 19.2. The topological polar surface area (TPSA) is 41.8 Å². The van der Waals surface area contributed by atoms with Crippen molar-refractivity contribution in [2.45, 2.75) is 12.9 Å². The first-order valence-corrected chi connectivity index (χ1v) is 8.84. The van der Waals surface area contributed by atoms with Crippen molar-refractivity contribution in [3.8, 4) is 17.1 Å². The number of aromatic nitrogens is 3. The Morgan fingerprint density at radius 2 is 1.83 bits per heavy atom. The molecule has 2 aromatic heterocycles. The van der Waals surface area contributed by atoms with Gasteiger partial charge in [-0.25, -0.2) is 9.37 Å². The minimum absolute atomic E-state index is 0.0102. The number of nitrogens with one attached hydrogen (secondary N) is 1. The molecule has 9 heteroatoms. The second-order valence-corrected chi connectivity index (χ2v) is 6.70. The highest BCUT2D eigenvalue weighted by atomic mass is 35.5. The van der Waals surface area contributed by atoms with Gasteiger partial charge in [-0.2, -0.15) is 4.57 Å². The summed E-state index contributed by atoms with van der Waals surface area (Å²) in [6.45, 7) is 0.419. The molecule has 4 rings (SSSR count). The summed E-state index contributed by atoms with van der Waals surface area (Å²) < 4.78 is 56.7. The standard InChI is InChI=1S/C20H12ClF4N3O/c21-15-3-1-2-14(18(15)22)19-26-16-8-9-28(11-17(16)27-19)10-12-4-6-13(7-5-12)29-20(23,24)25/h1-9,11H,10H2/p+1. The van der Waals surface area contributed by atoms with Gasteiger partial charge in [0.05, 0.1) is 10.6 Å². The van der Waals surface area contributed by atoms with Gasteiger partial charge in [0.15, 0.2) is 24.8 Å². The van der Waals surface area contributed by atoms with E-state index in [1.54, 1.807) is 42.7 Å². The molecule has 0 bridgehead atoms. The molecule has 0 unspecified atom stereocenters. The van der Waals surface area contributed by atoms with Crippen LogP contribution in [0.1, 0.15) is 5.56 Å². The van der Waals surface area contributed by atoms with Gasteiger partial charge in [0.2, 0.25) is 0 Å². The van der Waals surface area contributed by atoms with Crippen LogP contribution >= 0.6 is 11.6 Å². The van der Waals surface area contributed by atoms with Gasteiger partial charge < -0.3 is 9.72 Å². The Kier molecular flexibility index (Phi) is 4.87. The average molecular weight is 423 g/mol. The van der Waals surface area contributed by atoms with E-state index < -0.39 is 12.2 Å². The fraction of sp³-hybridized carbons (Fsp3) is 0.100. The molecule has 0 fully saturated rings. The van der Waals surface area contributed by atoms with Crippen molar-refractivity contribution < 1.29 is 26.9 Å². The van der Waals surface area contributed by atoms with Gasteiger partial charge in [-0.05, 0) is 36.4 Å². The maximum atomic E-state index is 14.2. The second kappa shape index (κ2) is 7.36. The highest BCUT2D eigenvalue weighted by Crippen LogP contribution is 2.27. The van der Waals surface area contributed by atoms with E-state index in [9.17, 15) is 17.6 Å². The van der Waals surface area contributed by atoms with Gasteiger partial charge in [-0.3, -0.25) is 0 Å². The quantitative estimate of drug-likeness (QED) is 0.360. The molecular weight excluding hydrogens is 410 g/mol. The number of rotatable bonds is 4. The number of halogens is 5. The van der Waals surface area contributed by atoms with Crippen LogP contribution in [0.2, 0.25) is 5.02 Å². The number of H-pyrrole nitrogens is 1. The maximum Gasteiger partial charge on any atom is 0.573 e. The summed E-state index contributed by atoms with van der Waals surface area (Å²) in [6, 6.07) is 12.1. The summed E-state index contributed by atoms with van der Waals surface area (Å²) in [5.41, 5.74) is 2.37. The van der Waals surface area contributed by atoms with Crippen LogP contribution < -0.4 is 9.30 Å². The van der Waals surface area contributed by atoms with Gasteiger partial charge in [-0.1, -0.05) is 17.7 Å². The summed E-state index contributed by atoms with van der Waals surface area (Å²) >= 11 is 5.83. The zero-order valence-electron chi connectivity index (χ0n) is 14.7. The Labute approximate surface area is 167 Å². The van der Waals surface area contributed by atoms with Crippen LogP contribution in [0, 0.1) is 5.82 Å². The van der Waals surface area contributed by atoms with Crippen LogP contribution in [0.3, 0.4) is 0 Å². The third-order valence-corrected chi connectivity index (χ3v) is 4.50. The molecule has 148 valence electrons. The third kappa shape index (κ3) is 4.32. The summed E-state index contributed by atoms with van der Waals surface area (Å²) in [5, 5.41) is 0.0102. The van der Waals surface area contributed by atoms with Crippen molar-refractivity contribution in [2.75, 3.05) is 0 Å². The smallest absolute Gasteiger partial charge is 0.406 e. The Morgan fingerprint density at radius 3 is 2.55 bits per heavy atom. The van der Waals surface area contributed by atoms with Crippen LogP contribution in [0.5, 0.6) is 5.75 Å². The lowest BCUT2D eigenvalue weighted by molar-refractivity contribution is -0.687. The predicted molar refractivity (Wildman–Crippen MR) is 98.9 cm³/mol. The molecular formula is C20H13ClF4N3O+. The molecule has 4 nitrogen and oxygen atoms in total. The summed E-state index contributed by atoms with van der Waals surface area (Å²) in [4.78, 5) is 7.45. The van der Waals surface area contributed by atoms with Crippen LogP contribution in [-0.2, 0) is 6.54 Å². The van der Waals surface area contributed by atoms with Crippen molar-refractivity contribution in [3.63, 3.8) is 0 Å². The number of ether oxygens (including phenoxy) is 1. The lowest BCUT2D eigenvalue weighted by Gasteiger charge is -2.08. The largest absolute Gasteiger partial charge is 0.573 e. The molecule has 0 amide bonds. The monoisotopic (exact) mass is 422 g/mol. The van der Waals surface area contributed by atoms with Crippen molar-refractivity contribution in [3.05, 3.63) is 77.3 Å². The van der Waals surface area contributed by atoms with Crippen molar-refractivity contribution >= 4 is 22.6 Å². The normalized spacial score (nSPS) is 11.8. The molecule has 0 radical (unpaired) electrons. The molecule has 0 aliphatic carbocycles. The van der Waals surface area contributed by atoms with Crippen LogP contribution in [0.15, 0.2) is 60.9 Å². The number of fused-ring (bicyclic) bond motifs is 1. The number of alkyl halides is 3. The molecule has 0 saturated heterocycles. The lowest BCUT2D eigenvalue weighted by atomic mass is 10.2. The number of aromatic amines is 1. The molecule has 0 saturated carbocycles. The molecule has 0 spiro atoms. The van der Waals surface area contributed by atoms with E-state index in [1.807, 2.05) is 4.57 Å². The van der Waals surface area contributed by atoms with Crippen molar-refractivity contribution in [2.24, 2.45) is 0 Å². The molecule has 2 aromatic carbocycles. The van der Waals surface area contributed by atoms with Crippen LogP contribution in [-0.4, -0.2) is 16.3 Å². The van der Waals surface area contributed by atoms with Crippen LogP contribution in [0.25, 0.3) is 22.4 Å². The van der Waals surface area contributed by atoms with Gasteiger partial charge in [0.25, 0.3) is 0 Å². The second-order valence-electron chi connectivity index (χ2n) is 6.29. The highest BCUT2D eigenvalue weighted by Gasteiger charge is 2.31. The van der Waals surface area contributed by atoms with E-state index >= 15 is 0 Å². The molecule has 1 N–H and O–H groups in total. The fourth-order valence-corrected chi connectivity index (χ4v) is 3.10. The Bertz CT molecular complexity index is 1170. The SMILES string of the molecule is Fc1c(Cl)cccc1-c1nc2cc[n+](Cc3ccc(OC(F)(F)F)cc3)cc2[nH]1. The van der Waals surface area contributed by atoms with E-state index in [4.69, 9.17) is 11.6 Å². The van der Waals surface area contributed by atoms with E-state index in [2.05, 4.69) is 14.7 Å². The van der Waals surface area contributed by atoms with Gasteiger partial charge in [-0.15, -0.1) is 13.2 Å². The van der Waals surface area contributed by atoms with Gasteiger partial charge >= 0.3 is 6.36 Å². The van der Waals surface area contributed by atoms with Crippen molar-refractivity contribution in [1.29, 1.82) is 0 Å². The zero-order chi connectivity index (χ0) is 20.6. The highest BCUT2D eigenvalue weighted by molar-refractivity contribution is 6.31. The predicted octanol–water partition coefficient (Wildman–Crippen LogP) is 5.26. The molecule has 2 heterocycles. The summed E-state index contributed by atoms with van der Waals surface area (Å²) in [5.74, 6) is -0.475. The molecule has 0 aliphatic rings. The first-order chi connectivity index (χ1) is 13.8. The number of imidazole rings is 1. The van der Waals surface area contributed by atoms with E-state index in [1.165, 1.54) is 18.2 Å². The first-order valence-electron chi connectivity index (χ1n) is 8.46. The Morgan fingerprint density at radius 1 is 1.07 bits per heavy atom. The number of nitrogens with zero attached hydrogens (tertiary/aromatic N) is 2. The number of benzene rings is 2. The molecule has 4 aromatic rings. The number of pyridine rings is 1. The fourth-order valence-electron chi connectivity index (χ4n) is 2.92. The van der Waals surface area contributed by atoms with E-state index in [0.29, 0.717) is 23.4 Å². The molecule has 0 atom stereocenters. The molecule has 29 heavy (non-hydrogen) atoms. The summed E-state index contributed by atoms with van der Waals surface area (Å²) in [7, 11) is 0.